The van der Waals surface area contributed by atoms with Gasteiger partial charge in [-0.3, -0.25) is 10.1 Å². The third kappa shape index (κ3) is 4.19. The molecule has 1 aromatic rings. The van der Waals surface area contributed by atoms with Crippen molar-refractivity contribution in [3.63, 3.8) is 0 Å². The molecular formula is C7H6ClNO6. The highest BCUT2D eigenvalue weighted by atomic mass is 35.7. The fraction of sp³-hybridized carbons (Fsp3) is 0.143. The average molecular weight is 236 g/mol. The van der Waals surface area contributed by atoms with Gasteiger partial charge < -0.3 is 0 Å². The van der Waals surface area contributed by atoms with Crippen LogP contribution in [-0.4, -0.2) is 4.92 Å². The fourth-order valence-electron chi connectivity index (χ4n) is 0.844. The van der Waals surface area contributed by atoms with E-state index in [0.29, 0.717) is 5.56 Å². The number of benzene rings is 1. The largest absolute Gasteiger partial charge is 0.269 e. The van der Waals surface area contributed by atoms with Gasteiger partial charge in [0.2, 0.25) is 6.61 Å². The van der Waals surface area contributed by atoms with Gasteiger partial charge in [0.25, 0.3) is 5.69 Å². The molecule has 0 atom stereocenters. The smallest absolute Gasteiger partial charge is 0.258 e. The third-order valence-corrected chi connectivity index (χ3v) is 1.88. The van der Waals surface area contributed by atoms with Crippen molar-refractivity contribution < 1.29 is 33.4 Å². The van der Waals surface area contributed by atoms with Gasteiger partial charge in [0.05, 0.1) is 19.5 Å². The topological polar surface area (TPSA) is 122 Å². The van der Waals surface area contributed by atoms with Crippen LogP contribution in [0.2, 0.25) is 0 Å². The zero-order valence-electron chi connectivity index (χ0n) is 7.29. The summed E-state index contributed by atoms with van der Waals surface area (Å²) >= 11 is 0. The minimum atomic E-state index is -4.47. The van der Waals surface area contributed by atoms with Crippen molar-refractivity contribution in [2.75, 3.05) is 0 Å². The molecule has 15 heavy (non-hydrogen) atoms. The summed E-state index contributed by atoms with van der Waals surface area (Å²) in [5, 5.41) is 10.3. The molecule has 7 nitrogen and oxygen atoms in total. The van der Waals surface area contributed by atoms with Crippen LogP contribution < -0.4 is 14.0 Å². The molecule has 0 amide bonds. The van der Waals surface area contributed by atoms with Crippen LogP contribution in [0.4, 0.5) is 5.69 Å². The maximum absolute atomic E-state index is 10.3. The number of nitrogens with zero attached hydrogens (tertiary/aromatic N) is 1. The van der Waals surface area contributed by atoms with E-state index in [2.05, 4.69) is 4.29 Å². The lowest BCUT2D eigenvalue weighted by Gasteiger charge is -2.12. The molecule has 0 heterocycles. The predicted molar refractivity (Wildman–Crippen MR) is 37.9 cm³/mol. The molecule has 0 bridgehead atoms. The molecule has 0 N–H and O–H groups in total. The highest BCUT2D eigenvalue weighted by molar-refractivity contribution is 5.32. The van der Waals surface area contributed by atoms with Crippen LogP contribution in [0.25, 0.3) is 0 Å². The Kier molecular flexibility index (Phi) is 3.56. The molecule has 1 rings (SSSR count). The maximum Gasteiger partial charge on any atom is 0.269 e. The zero-order chi connectivity index (χ0) is 11.5. The van der Waals surface area contributed by atoms with E-state index < -0.39 is 21.8 Å². The first-order chi connectivity index (χ1) is 6.88. The van der Waals surface area contributed by atoms with E-state index in [-0.39, 0.29) is 5.69 Å². The van der Waals surface area contributed by atoms with E-state index in [1.165, 1.54) is 24.3 Å². The molecule has 0 unspecified atom stereocenters. The lowest BCUT2D eigenvalue weighted by molar-refractivity contribution is -1.92. The second-order valence-electron chi connectivity index (χ2n) is 2.55. The normalized spacial score (nSPS) is 11.4. The monoisotopic (exact) mass is 235 g/mol. The van der Waals surface area contributed by atoms with E-state index in [1.54, 1.807) is 0 Å². The van der Waals surface area contributed by atoms with Crippen molar-refractivity contribution in [2.45, 2.75) is 6.61 Å². The van der Waals surface area contributed by atoms with E-state index in [0.717, 1.165) is 0 Å². The molecule has 8 heteroatoms. The van der Waals surface area contributed by atoms with Gasteiger partial charge in [0.15, 0.2) is 0 Å². The highest BCUT2D eigenvalue weighted by Gasteiger charge is 2.17. The third-order valence-electron chi connectivity index (χ3n) is 1.50. The van der Waals surface area contributed by atoms with Gasteiger partial charge >= 0.3 is 0 Å². The summed E-state index contributed by atoms with van der Waals surface area (Å²) in [5.41, 5.74) is 0.230. The van der Waals surface area contributed by atoms with Crippen LogP contribution in [-0.2, 0) is 10.9 Å². The first kappa shape index (κ1) is 11.8. The Morgan fingerprint density at radius 2 is 1.73 bits per heavy atom. The Hall–Kier alpha value is -1.25. The first-order valence-electron chi connectivity index (χ1n) is 3.67. The summed E-state index contributed by atoms with van der Waals surface area (Å²) in [6.45, 7) is -0.439. The number of rotatable bonds is 4. The summed E-state index contributed by atoms with van der Waals surface area (Å²) in [5.74, 6) is 0. The number of hydrogen-bond donors (Lipinski definition) is 0. The van der Waals surface area contributed by atoms with E-state index >= 15 is 0 Å². The van der Waals surface area contributed by atoms with Crippen molar-refractivity contribution in [3.8, 4) is 0 Å². The van der Waals surface area contributed by atoms with E-state index in [1.807, 2.05) is 0 Å². The van der Waals surface area contributed by atoms with Gasteiger partial charge in [-0.1, -0.05) is 0 Å². The van der Waals surface area contributed by atoms with Gasteiger partial charge in [0, 0.05) is 12.1 Å². The Morgan fingerprint density at radius 1 is 1.20 bits per heavy atom. The molecule has 0 aliphatic rings. The molecule has 1 aromatic carbocycles. The molecule has 0 saturated heterocycles. The Balaban J connectivity index is 2.61. The fourth-order valence-corrected chi connectivity index (χ4v) is 1.10. The van der Waals surface area contributed by atoms with Crippen LogP contribution in [0.1, 0.15) is 5.56 Å². The van der Waals surface area contributed by atoms with Crippen LogP contribution >= 0.6 is 0 Å². The minimum Gasteiger partial charge on any atom is -0.258 e. The Morgan fingerprint density at radius 3 is 2.13 bits per heavy atom. The number of halogens is 1. The molecule has 82 valence electrons. The van der Waals surface area contributed by atoms with Crippen LogP contribution in [0.5, 0.6) is 0 Å². The maximum atomic E-state index is 10.3. The lowest BCUT2D eigenvalue weighted by Crippen LogP contribution is -2.60. The zero-order valence-corrected chi connectivity index (χ0v) is 8.05. The van der Waals surface area contributed by atoms with Gasteiger partial charge in [-0.15, -0.1) is 0 Å². The number of nitro groups is 1. The van der Waals surface area contributed by atoms with Crippen molar-refractivity contribution in [1.82, 2.24) is 0 Å². The molecule has 0 fully saturated rings. The van der Waals surface area contributed by atoms with Gasteiger partial charge in [-0.05, 0) is 17.7 Å². The Labute approximate surface area is 86.4 Å². The van der Waals surface area contributed by atoms with Crippen molar-refractivity contribution in [1.29, 1.82) is 0 Å². The standard InChI is InChI=1S/C7H6ClNO6/c10-8(11,12)15-5-6-1-3-7(4-2-6)9(13)14/h1-4H,5H2. The van der Waals surface area contributed by atoms with Crippen LogP contribution in [0.15, 0.2) is 24.3 Å². The Bertz CT molecular complexity index is 345. The second kappa shape index (κ2) is 4.51. The quantitative estimate of drug-likeness (QED) is 0.440. The summed E-state index contributed by atoms with van der Waals surface area (Å²) in [7, 11) is -4.47. The number of nitro benzene ring substituents is 1. The van der Waals surface area contributed by atoms with E-state index in [4.69, 9.17) is 0 Å². The first-order valence-corrected chi connectivity index (χ1v) is 4.90. The van der Waals surface area contributed by atoms with Crippen LogP contribution in [0, 0.1) is 20.4 Å². The summed E-state index contributed by atoms with van der Waals surface area (Å²) in [6.07, 6.45) is 0. The van der Waals surface area contributed by atoms with Crippen molar-refractivity contribution in [2.24, 2.45) is 0 Å². The number of hydrogen-bond acceptors (Lipinski definition) is 6. The SMILES string of the molecule is O=[N+]([O-])c1ccc(CO[Cl+3]([O-])([O-])[O-])cc1. The number of non-ortho nitro benzene ring substituents is 1. The van der Waals surface area contributed by atoms with Gasteiger partial charge in [-0.2, -0.15) is 14.0 Å². The van der Waals surface area contributed by atoms with Gasteiger partial charge in [-0.25, -0.2) is 0 Å². The summed E-state index contributed by atoms with van der Waals surface area (Å²) in [6, 6.07) is 4.98. The summed E-state index contributed by atoms with van der Waals surface area (Å²) < 4.78 is 34.1. The predicted octanol–water partition coefficient (Wildman–Crippen LogP) is -1.99. The molecule has 0 spiro atoms. The molecule has 0 aliphatic carbocycles. The molecule has 0 saturated carbocycles. The lowest BCUT2D eigenvalue weighted by atomic mass is 10.2. The molecule has 0 aliphatic heterocycles. The summed E-state index contributed by atoms with van der Waals surface area (Å²) in [4.78, 5) is 9.67. The molecular weight excluding hydrogens is 230 g/mol. The molecule has 0 radical (unpaired) electrons. The van der Waals surface area contributed by atoms with Crippen molar-refractivity contribution in [3.05, 3.63) is 39.9 Å². The van der Waals surface area contributed by atoms with E-state index in [9.17, 15) is 24.1 Å². The van der Waals surface area contributed by atoms with Crippen molar-refractivity contribution >= 4 is 5.69 Å². The second-order valence-corrected chi connectivity index (χ2v) is 3.53. The highest BCUT2D eigenvalue weighted by Crippen LogP contribution is 2.13. The average Bonchev–Trinajstić information content (AvgIpc) is 2.14. The molecule has 0 aromatic heterocycles. The van der Waals surface area contributed by atoms with Crippen LogP contribution in [0.3, 0.4) is 0 Å². The van der Waals surface area contributed by atoms with Gasteiger partial charge in [0.1, 0.15) is 0 Å². The minimum absolute atomic E-state index is 0.124.